The molecule has 1 atom stereocenters. The fraction of sp³-hybridized carbons (Fsp3) is 0.250. The monoisotopic (exact) mass is 357 g/mol. The van der Waals surface area contributed by atoms with Gasteiger partial charge in [0, 0.05) is 34.3 Å². The number of benzene rings is 2. The van der Waals surface area contributed by atoms with Crippen LogP contribution in [0.15, 0.2) is 36.4 Å². The average molecular weight is 358 g/mol. The Labute approximate surface area is 152 Å². The lowest BCUT2D eigenvalue weighted by atomic mass is 10.1. The van der Waals surface area contributed by atoms with Gasteiger partial charge in [0.15, 0.2) is 0 Å². The number of anilines is 1. The van der Waals surface area contributed by atoms with Crippen molar-refractivity contribution in [2.75, 3.05) is 12.4 Å². The van der Waals surface area contributed by atoms with Crippen LogP contribution in [0, 0.1) is 6.92 Å². The Balaban J connectivity index is 1.78. The molecule has 1 aliphatic heterocycles. The van der Waals surface area contributed by atoms with Crippen molar-refractivity contribution in [2.45, 2.75) is 26.4 Å². The number of fused-ring (bicyclic) bond motifs is 1. The molecule has 2 aromatic rings. The van der Waals surface area contributed by atoms with Crippen molar-refractivity contribution in [3.63, 3.8) is 0 Å². The zero-order valence-electron chi connectivity index (χ0n) is 14.4. The highest BCUT2D eigenvalue weighted by molar-refractivity contribution is 6.31. The third kappa shape index (κ3) is 3.80. The number of methoxy groups -OCH3 is 1. The molecule has 1 aliphatic rings. The summed E-state index contributed by atoms with van der Waals surface area (Å²) in [5, 5.41) is 3.45. The number of carbonyl (C=O) groups is 1. The molecule has 0 saturated heterocycles. The van der Waals surface area contributed by atoms with Crippen molar-refractivity contribution in [1.82, 2.24) is 0 Å². The van der Waals surface area contributed by atoms with Crippen molar-refractivity contribution in [2.24, 2.45) is 0 Å². The predicted octanol–water partition coefficient (Wildman–Crippen LogP) is 4.63. The Morgan fingerprint density at radius 2 is 2.20 bits per heavy atom. The molecule has 1 unspecified atom stereocenters. The minimum Gasteiger partial charge on any atom is -0.496 e. The summed E-state index contributed by atoms with van der Waals surface area (Å²) in [7, 11) is 1.62. The van der Waals surface area contributed by atoms with E-state index in [1.165, 1.54) is 6.08 Å². The van der Waals surface area contributed by atoms with E-state index >= 15 is 0 Å². The minimum absolute atomic E-state index is 0.160. The van der Waals surface area contributed by atoms with E-state index in [-0.39, 0.29) is 12.0 Å². The van der Waals surface area contributed by atoms with Crippen LogP contribution in [0.3, 0.4) is 0 Å². The first-order chi connectivity index (χ1) is 12.0. The fourth-order valence-corrected chi connectivity index (χ4v) is 3.02. The molecule has 1 N–H and O–H groups in total. The maximum absolute atomic E-state index is 12.2. The average Bonchev–Trinajstić information content (AvgIpc) is 2.95. The number of rotatable bonds is 4. The largest absolute Gasteiger partial charge is 0.496 e. The molecule has 0 fully saturated rings. The minimum atomic E-state index is -0.234. The highest BCUT2D eigenvalue weighted by Crippen LogP contribution is 2.35. The Bertz CT molecular complexity index is 845. The summed E-state index contributed by atoms with van der Waals surface area (Å²) in [4.78, 5) is 12.2. The summed E-state index contributed by atoms with van der Waals surface area (Å²) in [5.74, 6) is 1.33. The molecule has 4 nitrogen and oxygen atoms in total. The molecule has 0 radical (unpaired) electrons. The number of amides is 1. The van der Waals surface area contributed by atoms with Crippen LogP contribution in [-0.2, 0) is 11.2 Å². The zero-order chi connectivity index (χ0) is 18.0. The van der Waals surface area contributed by atoms with E-state index in [9.17, 15) is 4.79 Å². The maximum atomic E-state index is 12.2. The molecule has 1 amide bonds. The van der Waals surface area contributed by atoms with Crippen molar-refractivity contribution in [3.05, 3.63) is 58.1 Å². The van der Waals surface area contributed by atoms with E-state index in [2.05, 4.69) is 5.32 Å². The molecular weight excluding hydrogens is 338 g/mol. The van der Waals surface area contributed by atoms with Crippen LogP contribution in [0.4, 0.5) is 5.69 Å². The highest BCUT2D eigenvalue weighted by Gasteiger charge is 2.21. The van der Waals surface area contributed by atoms with Gasteiger partial charge in [-0.25, -0.2) is 0 Å². The van der Waals surface area contributed by atoms with Crippen LogP contribution >= 0.6 is 11.6 Å². The molecule has 0 spiro atoms. The number of nitrogens with one attached hydrogen (secondary N) is 1. The van der Waals surface area contributed by atoms with Crippen LogP contribution < -0.4 is 14.8 Å². The van der Waals surface area contributed by atoms with Gasteiger partial charge < -0.3 is 14.8 Å². The molecule has 130 valence electrons. The highest BCUT2D eigenvalue weighted by atomic mass is 35.5. The Kier molecular flexibility index (Phi) is 5.00. The lowest BCUT2D eigenvalue weighted by Crippen LogP contribution is -2.09. The molecule has 0 bridgehead atoms. The van der Waals surface area contributed by atoms with Crippen LogP contribution in [0.5, 0.6) is 11.5 Å². The molecule has 3 rings (SSSR count). The van der Waals surface area contributed by atoms with Crippen molar-refractivity contribution >= 4 is 29.3 Å². The molecule has 1 heterocycles. The third-order valence-electron chi connectivity index (χ3n) is 4.19. The maximum Gasteiger partial charge on any atom is 0.248 e. The molecule has 0 aromatic heterocycles. The van der Waals surface area contributed by atoms with Gasteiger partial charge >= 0.3 is 0 Å². The molecule has 5 heteroatoms. The van der Waals surface area contributed by atoms with Gasteiger partial charge in [-0.05, 0) is 49.8 Å². The number of hydrogen-bond donors (Lipinski definition) is 1. The number of hydrogen-bond acceptors (Lipinski definition) is 3. The summed E-state index contributed by atoms with van der Waals surface area (Å²) < 4.78 is 11.2. The summed E-state index contributed by atoms with van der Waals surface area (Å²) in [6.45, 7) is 3.90. The standard InChI is InChI=1S/C20H20ClNO3/c1-12-9-15-11-18(24-3)14(10-19(15)25-12)7-8-20(23)22-17-6-4-5-16(21)13(17)2/h4-8,10-12H,9H2,1-3H3,(H,22,23)/b8-7+. The molecule has 0 saturated carbocycles. The summed E-state index contributed by atoms with van der Waals surface area (Å²) in [5.41, 5.74) is 3.46. The molecule has 0 aliphatic carbocycles. The van der Waals surface area contributed by atoms with Gasteiger partial charge in [0.25, 0.3) is 0 Å². The van der Waals surface area contributed by atoms with Crippen molar-refractivity contribution < 1.29 is 14.3 Å². The van der Waals surface area contributed by atoms with Crippen LogP contribution in [0.1, 0.15) is 23.6 Å². The Hall–Kier alpha value is -2.46. The van der Waals surface area contributed by atoms with E-state index in [0.717, 1.165) is 34.6 Å². The van der Waals surface area contributed by atoms with Gasteiger partial charge in [-0.1, -0.05) is 17.7 Å². The predicted molar refractivity (Wildman–Crippen MR) is 101 cm³/mol. The lowest BCUT2D eigenvalue weighted by Gasteiger charge is -2.09. The smallest absolute Gasteiger partial charge is 0.248 e. The first-order valence-corrected chi connectivity index (χ1v) is 8.47. The summed E-state index contributed by atoms with van der Waals surface area (Å²) >= 11 is 6.08. The fourth-order valence-electron chi connectivity index (χ4n) is 2.84. The summed E-state index contributed by atoms with van der Waals surface area (Å²) in [6, 6.07) is 9.29. The van der Waals surface area contributed by atoms with Gasteiger partial charge in [0.1, 0.15) is 17.6 Å². The topological polar surface area (TPSA) is 47.6 Å². The second kappa shape index (κ2) is 7.19. The summed E-state index contributed by atoms with van der Waals surface area (Å²) in [6.07, 6.45) is 4.22. The number of carbonyl (C=O) groups excluding carboxylic acids is 1. The van der Waals surface area contributed by atoms with Gasteiger partial charge in [-0.2, -0.15) is 0 Å². The SMILES string of the molecule is COc1cc2c(cc1/C=C/C(=O)Nc1cccc(Cl)c1C)OC(C)C2. The van der Waals surface area contributed by atoms with Crippen molar-refractivity contribution in [1.29, 1.82) is 0 Å². The van der Waals surface area contributed by atoms with E-state index < -0.39 is 0 Å². The van der Waals surface area contributed by atoms with E-state index in [1.54, 1.807) is 25.3 Å². The molecule has 2 aromatic carbocycles. The lowest BCUT2D eigenvalue weighted by molar-refractivity contribution is -0.111. The first kappa shape index (κ1) is 17.4. The second-order valence-electron chi connectivity index (χ2n) is 6.07. The zero-order valence-corrected chi connectivity index (χ0v) is 15.2. The van der Waals surface area contributed by atoms with E-state index in [0.29, 0.717) is 10.7 Å². The van der Waals surface area contributed by atoms with Gasteiger partial charge in [-0.3, -0.25) is 4.79 Å². The van der Waals surface area contributed by atoms with Crippen LogP contribution in [0.25, 0.3) is 6.08 Å². The van der Waals surface area contributed by atoms with Crippen LogP contribution in [-0.4, -0.2) is 19.1 Å². The third-order valence-corrected chi connectivity index (χ3v) is 4.60. The van der Waals surface area contributed by atoms with Crippen LogP contribution in [0.2, 0.25) is 5.02 Å². The second-order valence-corrected chi connectivity index (χ2v) is 6.48. The molecular formula is C20H20ClNO3. The van der Waals surface area contributed by atoms with Crippen molar-refractivity contribution in [3.8, 4) is 11.5 Å². The van der Waals surface area contributed by atoms with E-state index in [1.807, 2.05) is 32.0 Å². The van der Waals surface area contributed by atoms with Gasteiger partial charge in [0.05, 0.1) is 7.11 Å². The Morgan fingerprint density at radius 3 is 2.96 bits per heavy atom. The first-order valence-electron chi connectivity index (χ1n) is 8.09. The van der Waals surface area contributed by atoms with E-state index in [4.69, 9.17) is 21.1 Å². The molecule has 25 heavy (non-hydrogen) atoms. The van der Waals surface area contributed by atoms with Gasteiger partial charge in [-0.15, -0.1) is 0 Å². The number of ether oxygens (including phenoxy) is 2. The normalized spacial score (nSPS) is 15.8. The Morgan fingerprint density at radius 1 is 1.40 bits per heavy atom. The quantitative estimate of drug-likeness (QED) is 0.811. The number of halogens is 1. The van der Waals surface area contributed by atoms with Gasteiger partial charge in [0.2, 0.25) is 5.91 Å².